The summed E-state index contributed by atoms with van der Waals surface area (Å²) in [4.78, 5) is 16.2. The first-order chi connectivity index (χ1) is 14.2. The first-order valence-corrected chi connectivity index (χ1v) is 9.06. The van der Waals surface area contributed by atoms with Gasteiger partial charge in [-0.05, 0) is 42.3 Å². The second kappa shape index (κ2) is 8.66. The number of hydrogen-bond donors (Lipinski definition) is 1. The van der Waals surface area contributed by atoms with Crippen LogP contribution in [0, 0.1) is 6.92 Å². The average Bonchev–Trinajstić information content (AvgIpc) is 2.66. The zero-order valence-electron chi connectivity index (χ0n) is 16.0. The van der Waals surface area contributed by atoms with Crippen LogP contribution >= 0.6 is 11.6 Å². The summed E-state index contributed by atoms with van der Waals surface area (Å²) in [5.41, 5.74) is 1.28. The van der Waals surface area contributed by atoms with Gasteiger partial charge in [-0.15, -0.1) is 13.2 Å². The molecule has 0 amide bonds. The zero-order chi connectivity index (χ0) is 21.9. The van der Waals surface area contributed by atoms with E-state index in [9.17, 15) is 18.0 Å². The molecule has 10 heteroatoms. The van der Waals surface area contributed by atoms with Gasteiger partial charge in [-0.3, -0.25) is 4.79 Å². The molecular formula is C20H17ClF3N3O3. The highest BCUT2D eigenvalue weighted by Crippen LogP contribution is 2.27. The molecule has 0 fully saturated rings. The quantitative estimate of drug-likeness (QED) is 0.591. The Bertz CT molecular complexity index is 1120. The lowest BCUT2D eigenvalue weighted by Gasteiger charge is -2.17. The van der Waals surface area contributed by atoms with Crippen molar-refractivity contribution in [1.82, 2.24) is 9.55 Å². The average molecular weight is 440 g/mol. The summed E-state index contributed by atoms with van der Waals surface area (Å²) in [6.45, 7) is 1.90. The first kappa shape index (κ1) is 21.5. The molecule has 3 rings (SSSR count). The highest BCUT2D eigenvalue weighted by Gasteiger charge is 2.31. The monoisotopic (exact) mass is 439 g/mol. The van der Waals surface area contributed by atoms with Gasteiger partial charge in [0.25, 0.3) is 0 Å². The van der Waals surface area contributed by atoms with Crippen LogP contribution in [-0.2, 0) is 6.54 Å². The van der Waals surface area contributed by atoms with Crippen LogP contribution in [0.2, 0.25) is 5.02 Å². The fourth-order valence-electron chi connectivity index (χ4n) is 2.73. The summed E-state index contributed by atoms with van der Waals surface area (Å²) in [6, 6.07) is 10.8. The van der Waals surface area contributed by atoms with Gasteiger partial charge in [0.05, 0.1) is 19.9 Å². The number of methoxy groups -OCH3 is 1. The smallest absolute Gasteiger partial charge is 0.490 e. The maximum atomic E-state index is 12.5. The van der Waals surface area contributed by atoms with Crippen molar-refractivity contribution in [2.24, 2.45) is 0 Å². The van der Waals surface area contributed by atoms with Crippen molar-refractivity contribution in [3.8, 4) is 11.5 Å². The van der Waals surface area contributed by atoms with Crippen LogP contribution in [0.4, 0.5) is 24.8 Å². The van der Waals surface area contributed by atoms with E-state index in [1.165, 1.54) is 31.5 Å². The minimum absolute atomic E-state index is 0.00828. The fraction of sp³-hybridized carbons (Fsp3) is 0.200. The molecule has 0 saturated carbocycles. The first-order valence-electron chi connectivity index (χ1n) is 8.68. The van der Waals surface area contributed by atoms with Crippen molar-refractivity contribution < 1.29 is 22.6 Å². The topological polar surface area (TPSA) is 65.4 Å². The van der Waals surface area contributed by atoms with Crippen LogP contribution in [0.3, 0.4) is 0 Å². The van der Waals surface area contributed by atoms with Crippen LogP contribution in [0.25, 0.3) is 0 Å². The molecule has 0 aliphatic heterocycles. The van der Waals surface area contributed by atoms with Gasteiger partial charge >= 0.3 is 11.9 Å². The molecule has 1 heterocycles. The molecule has 1 aromatic heterocycles. The Morgan fingerprint density at radius 3 is 2.63 bits per heavy atom. The van der Waals surface area contributed by atoms with E-state index in [0.717, 1.165) is 5.56 Å². The van der Waals surface area contributed by atoms with Crippen molar-refractivity contribution in [1.29, 1.82) is 0 Å². The molecule has 0 aliphatic rings. The van der Waals surface area contributed by atoms with E-state index < -0.39 is 11.9 Å². The Hall–Kier alpha value is -3.20. The third-order valence-electron chi connectivity index (χ3n) is 4.18. The van der Waals surface area contributed by atoms with E-state index >= 15 is 0 Å². The van der Waals surface area contributed by atoms with Crippen molar-refractivity contribution >= 4 is 23.2 Å². The third kappa shape index (κ3) is 5.24. The third-order valence-corrected chi connectivity index (χ3v) is 4.59. The summed E-state index contributed by atoms with van der Waals surface area (Å²) in [7, 11) is 1.33. The number of rotatable bonds is 6. The standard InChI is InChI=1S/C20H17ClF3N3O3/c1-12-15(21)7-4-8-16(12)25-19-26-18(28)17(29-2)11-27(19)10-13-5-3-6-14(9-13)30-20(22,23)24/h3-9,11H,10H2,1-2H3,(H,25,26,28). The lowest BCUT2D eigenvalue weighted by molar-refractivity contribution is -0.274. The molecule has 30 heavy (non-hydrogen) atoms. The predicted octanol–water partition coefficient (Wildman–Crippen LogP) is 4.90. The van der Waals surface area contributed by atoms with Crippen molar-refractivity contribution in [2.75, 3.05) is 12.4 Å². The molecule has 0 unspecified atom stereocenters. The molecule has 1 N–H and O–H groups in total. The van der Waals surface area contributed by atoms with E-state index in [1.54, 1.807) is 35.8 Å². The van der Waals surface area contributed by atoms with E-state index in [-0.39, 0.29) is 24.0 Å². The number of ether oxygens (including phenoxy) is 2. The molecule has 0 radical (unpaired) electrons. The van der Waals surface area contributed by atoms with Crippen LogP contribution < -0.4 is 20.3 Å². The molecule has 0 saturated heterocycles. The van der Waals surface area contributed by atoms with Gasteiger partial charge in [0, 0.05) is 10.7 Å². The predicted molar refractivity (Wildman–Crippen MR) is 107 cm³/mol. The number of benzene rings is 2. The van der Waals surface area contributed by atoms with Crippen LogP contribution in [-0.4, -0.2) is 23.0 Å². The summed E-state index contributed by atoms with van der Waals surface area (Å²) in [6.07, 6.45) is -3.37. The number of nitrogens with one attached hydrogen (secondary N) is 1. The van der Waals surface area contributed by atoms with E-state index in [0.29, 0.717) is 16.3 Å². The van der Waals surface area contributed by atoms with E-state index in [2.05, 4.69) is 15.0 Å². The number of halogens is 4. The second-order valence-corrected chi connectivity index (χ2v) is 6.71. The highest BCUT2D eigenvalue weighted by atomic mass is 35.5. The Kier molecular flexibility index (Phi) is 6.21. The highest BCUT2D eigenvalue weighted by molar-refractivity contribution is 6.31. The maximum absolute atomic E-state index is 12.5. The van der Waals surface area contributed by atoms with Gasteiger partial charge in [-0.2, -0.15) is 4.98 Å². The van der Waals surface area contributed by atoms with Gasteiger partial charge in [-0.1, -0.05) is 29.8 Å². The second-order valence-electron chi connectivity index (χ2n) is 6.30. The molecule has 0 spiro atoms. The molecule has 0 atom stereocenters. The van der Waals surface area contributed by atoms with Crippen LogP contribution in [0.1, 0.15) is 11.1 Å². The number of alkyl halides is 3. The molecule has 158 valence electrons. The van der Waals surface area contributed by atoms with Crippen molar-refractivity contribution in [3.05, 3.63) is 75.2 Å². The summed E-state index contributed by atoms with van der Waals surface area (Å²) in [5.74, 6) is -0.180. The van der Waals surface area contributed by atoms with E-state index in [4.69, 9.17) is 16.3 Å². The van der Waals surface area contributed by atoms with Gasteiger partial charge in [0.2, 0.25) is 11.7 Å². The summed E-state index contributed by atoms with van der Waals surface area (Å²) < 4.78 is 48.1. The van der Waals surface area contributed by atoms with Crippen molar-refractivity contribution in [2.45, 2.75) is 19.8 Å². The zero-order valence-corrected chi connectivity index (χ0v) is 16.7. The minimum atomic E-state index is -4.79. The molecule has 0 aliphatic carbocycles. The SMILES string of the molecule is COc1cn(Cc2cccc(OC(F)(F)F)c2)c(Nc2cccc(Cl)c2C)nc1=O. The summed E-state index contributed by atoms with van der Waals surface area (Å²) in [5, 5.41) is 3.57. The lowest BCUT2D eigenvalue weighted by atomic mass is 10.2. The number of aromatic nitrogens is 2. The Balaban J connectivity index is 1.98. The number of anilines is 2. The fourth-order valence-corrected chi connectivity index (χ4v) is 2.91. The normalized spacial score (nSPS) is 11.3. The van der Waals surface area contributed by atoms with Gasteiger partial charge in [-0.25, -0.2) is 0 Å². The Morgan fingerprint density at radius 2 is 1.93 bits per heavy atom. The molecular weight excluding hydrogens is 423 g/mol. The minimum Gasteiger partial charge on any atom is -0.490 e. The maximum Gasteiger partial charge on any atom is 0.573 e. The van der Waals surface area contributed by atoms with Crippen molar-refractivity contribution in [3.63, 3.8) is 0 Å². The van der Waals surface area contributed by atoms with Gasteiger partial charge in [0.1, 0.15) is 5.75 Å². The molecule has 0 bridgehead atoms. The largest absolute Gasteiger partial charge is 0.573 e. The number of hydrogen-bond acceptors (Lipinski definition) is 5. The number of nitrogens with zero attached hydrogens (tertiary/aromatic N) is 2. The molecule has 6 nitrogen and oxygen atoms in total. The van der Waals surface area contributed by atoms with Crippen LogP contribution in [0.15, 0.2) is 53.5 Å². The molecule has 3 aromatic rings. The Morgan fingerprint density at radius 1 is 1.20 bits per heavy atom. The van der Waals surface area contributed by atoms with Gasteiger partial charge in [0.15, 0.2) is 0 Å². The molecule has 2 aromatic carbocycles. The van der Waals surface area contributed by atoms with Crippen LogP contribution in [0.5, 0.6) is 11.5 Å². The van der Waals surface area contributed by atoms with E-state index in [1.807, 2.05) is 0 Å². The summed E-state index contributed by atoms with van der Waals surface area (Å²) >= 11 is 6.14. The van der Waals surface area contributed by atoms with Gasteiger partial charge < -0.3 is 19.4 Å². The Labute approximate surface area is 174 Å². The lowest BCUT2D eigenvalue weighted by Crippen LogP contribution is -2.19.